The lowest BCUT2D eigenvalue weighted by molar-refractivity contribution is 0.669. The Hall–Kier alpha value is -7.98. The minimum absolute atomic E-state index is 0.861. The van der Waals surface area contributed by atoms with Crippen LogP contribution in [-0.2, 0) is 0 Å². The minimum Gasteiger partial charge on any atom is -0.456 e. The average Bonchev–Trinajstić information content (AvgIpc) is 3.91. The number of hydrogen-bond donors (Lipinski definition) is 0. The molecule has 0 N–H and O–H groups in total. The zero-order valence-electron chi connectivity index (χ0n) is 34.1. The number of furan rings is 1. The highest BCUT2D eigenvalue weighted by Gasteiger charge is 2.18. The molecule has 0 fully saturated rings. The van der Waals surface area contributed by atoms with Crippen LogP contribution in [-0.4, -0.2) is 0 Å². The van der Waals surface area contributed by atoms with Gasteiger partial charge in [0.05, 0.1) is 0 Å². The van der Waals surface area contributed by atoms with Gasteiger partial charge in [-0.3, -0.25) is 0 Å². The SMILES string of the molecule is c1ccc(-c2ccc(N(c3ccc4c(c3)oc3ccccc34)c3ccc4c(c3)c3ccccc3c3ccccc3c3ccccc3c3cc5sc6ccccc6c5cc43)cc2)cc1. The lowest BCUT2D eigenvalue weighted by Crippen LogP contribution is -2.09. The fraction of sp³-hybridized carbons (Fsp3) is 0. The Morgan fingerprint density at radius 3 is 1.37 bits per heavy atom. The van der Waals surface area contributed by atoms with E-state index in [1.807, 2.05) is 23.5 Å². The molecule has 0 atom stereocenters. The molecule has 0 aliphatic carbocycles. The van der Waals surface area contributed by atoms with Gasteiger partial charge in [0.25, 0.3) is 0 Å². The first kappa shape index (κ1) is 35.7. The van der Waals surface area contributed by atoms with Crippen molar-refractivity contribution in [3.05, 3.63) is 224 Å². The molecule has 0 aliphatic rings. The van der Waals surface area contributed by atoms with E-state index < -0.39 is 0 Å². The van der Waals surface area contributed by atoms with Crippen LogP contribution >= 0.6 is 11.3 Å². The Bertz CT molecular complexity index is 4030. The molecule has 0 bridgehead atoms. The highest BCUT2D eigenvalue weighted by atomic mass is 32.1. The van der Waals surface area contributed by atoms with Crippen molar-refractivity contribution in [2.45, 2.75) is 0 Å². The maximum Gasteiger partial charge on any atom is 0.137 e. The minimum atomic E-state index is 0.861. The second-order valence-electron chi connectivity index (χ2n) is 16.4. The van der Waals surface area contributed by atoms with Crippen LogP contribution in [0, 0.1) is 0 Å². The Kier molecular flexibility index (Phi) is 8.12. The molecular weight excluding hydrogens is 783 g/mol. The summed E-state index contributed by atoms with van der Waals surface area (Å²) in [7, 11) is 0. The Morgan fingerprint density at radius 2 is 0.698 bits per heavy atom. The van der Waals surface area contributed by atoms with E-state index in [-0.39, 0.29) is 0 Å². The van der Waals surface area contributed by atoms with Crippen LogP contribution in [0.2, 0.25) is 0 Å². The summed E-state index contributed by atoms with van der Waals surface area (Å²) in [6.45, 7) is 0. The first-order valence-corrected chi connectivity index (χ1v) is 22.3. The molecule has 0 aliphatic heterocycles. The van der Waals surface area contributed by atoms with E-state index in [1.165, 1.54) is 85.2 Å². The molecule has 0 unspecified atom stereocenters. The van der Waals surface area contributed by atoms with E-state index in [1.54, 1.807) is 0 Å². The lowest BCUT2D eigenvalue weighted by Gasteiger charge is -2.26. The van der Waals surface area contributed by atoms with Crippen molar-refractivity contribution >= 4 is 124 Å². The van der Waals surface area contributed by atoms with E-state index in [0.717, 1.165) is 39.0 Å². The fourth-order valence-corrected chi connectivity index (χ4v) is 11.1. The quantitative estimate of drug-likeness (QED) is 0.176. The van der Waals surface area contributed by atoms with Crippen molar-refractivity contribution in [3.8, 4) is 11.1 Å². The van der Waals surface area contributed by atoms with Gasteiger partial charge in [-0.1, -0.05) is 158 Å². The summed E-state index contributed by atoms with van der Waals surface area (Å²) in [6, 6.07) is 82.1. The summed E-state index contributed by atoms with van der Waals surface area (Å²) in [5, 5.41) is 16.9. The van der Waals surface area contributed by atoms with Gasteiger partial charge in [0.15, 0.2) is 0 Å². The molecule has 0 radical (unpaired) electrons. The second kappa shape index (κ2) is 14.3. The van der Waals surface area contributed by atoms with Crippen molar-refractivity contribution in [2.75, 3.05) is 4.90 Å². The third-order valence-corrected chi connectivity index (χ3v) is 14.0. The van der Waals surface area contributed by atoms with Crippen LogP contribution in [0.1, 0.15) is 0 Å². The first-order chi connectivity index (χ1) is 31.2. The van der Waals surface area contributed by atoms with Gasteiger partial charge in [-0.05, 0) is 126 Å². The summed E-state index contributed by atoms with van der Waals surface area (Å²) < 4.78 is 9.11. The summed E-state index contributed by atoms with van der Waals surface area (Å²) in [5.74, 6) is 0. The standard InChI is InChI=1S/C60H37NOS/c1-2-14-38(15-3-1)39-26-28-40(29-27-39)61(42-31-33-51-50-22-10-12-24-57(50)62-58(51)35-42)41-30-32-49-53(34-41)47-20-8-6-18-45(47)43-16-4-5-17-44(43)46-19-7-9-21-48(46)55-37-60-56(36-54(49)55)52-23-11-13-25-59(52)63-60/h1-37H. The molecule has 0 amide bonds. The maximum atomic E-state index is 6.52. The maximum absolute atomic E-state index is 6.52. The molecule has 0 spiro atoms. The Labute approximate surface area is 367 Å². The number of nitrogens with zero attached hydrogens (tertiary/aromatic N) is 1. The number of fused-ring (bicyclic) bond motifs is 16. The predicted molar refractivity (Wildman–Crippen MR) is 272 cm³/mol. The molecule has 11 aromatic carbocycles. The first-order valence-electron chi connectivity index (χ1n) is 21.5. The molecule has 294 valence electrons. The largest absolute Gasteiger partial charge is 0.456 e. The molecule has 0 saturated heterocycles. The third-order valence-electron chi connectivity index (χ3n) is 12.9. The van der Waals surface area contributed by atoms with Gasteiger partial charge in [-0.15, -0.1) is 11.3 Å². The van der Waals surface area contributed by atoms with E-state index >= 15 is 0 Å². The normalized spacial score (nSPS) is 11.8. The van der Waals surface area contributed by atoms with Crippen molar-refractivity contribution in [2.24, 2.45) is 0 Å². The molecule has 3 heteroatoms. The van der Waals surface area contributed by atoms with Gasteiger partial charge in [0, 0.05) is 54.1 Å². The number of para-hydroxylation sites is 1. The molecule has 63 heavy (non-hydrogen) atoms. The lowest BCUT2D eigenvalue weighted by atomic mass is 9.93. The smallest absolute Gasteiger partial charge is 0.137 e. The number of anilines is 3. The molecule has 2 heterocycles. The average molecular weight is 820 g/mol. The van der Waals surface area contributed by atoms with E-state index in [9.17, 15) is 0 Å². The van der Waals surface area contributed by atoms with Crippen LogP contribution in [0.15, 0.2) is 229 Å². The number of rotatable bonds is 4. The third kappa shape index (κ3) is 5.78. The summed E-state index contributed by atoms with van der Waals surface area (Å²) in [4.78, 5) is 2.38. The van der Waals surface area contributed by atoms with Gasteiger partial charge in [-0.2, -0.15) is 0 Å². The second-order valence-corrected chi connectivity index (χ2v) is 17.5. The Balaban J connectivity index is 1.17. The van der Waals surface area contributed by atoms with Gasteiger partial charge >= 0.3 is 0 Å². The predicted octanol–water partition coefficient (Wildman–Crippen LogP) is 18.0. The highest BCUT2D eigenvalue weighted by molar-refractivity contribution is 7.25. The van der Waals surface area contributed by atoms with Gasteiger partial charge < -0.3 is 9.32 Å². The van der Waals surface area contributed by atoms with E-state index in [4.69, 9.17) is 4.42 Å². The molecule has 13 rings (SSSR count). The zero-order chi connectivity index (χ0) is 41.4. The molecule has 2 nitrogen and oxygen atoms in total. The summed E-state index contributed by atoms with van der Waals surface area (Å²) >= 11 is 1.87. The zero-order valence-corrected chi connectivity index (χ0v) is 34.9. The van der Waals surface area contributed by atoms with Crippen LogP contribution in [0.5, 0.6) is 0 Å². The van der Waals surface area contributed by atoms with Crippen molar-refractivity contribution in [1.82, 2.24) is 0 Å². The van der Waals surface area contributed by atoms with Crippen molar-refractivity contribution in [3.63, 3.8) is 0 Å². The van der Waals surface area contributed by atoms with Crippen molar-refractivity contribution < 1.29 is 4.42 Å². The summed E-state index contributed by atoms with van der Waals surface area (Å²) in [5.41, 5.74) is 7.26. The van der Waals surface area contributed by atoms with Crippen LogP contribution in [0.25, 0.3) is 107 Å². The van der Waals surface area contributed by atoms with Crippen molar-refractivity contribution in [1.29, 1.82) is 0 Å². The fourth-order valence-electron chi connectivity index (χ4n) is 9.94. The molecular formula is C60H37NOS. The highest BCUT2D eigenvalue weighted by Crippen LogP contribution is 2.44. The number of thiophene rings is 1. The van der Waals surface area contributed by atoms with E-state index in [0.29, 0.717) is 0 Å². The van der Waals surface area contributed by atoms with E-state index in [2.05, 4.69) is 217 Å². The number of benzene rings is 10. The number of hydrogen-bond acceptors (Lipinski definition) is 3. The molecule has 0 saturated carbocycles. The summed E-state index contributed by atoms with van der Waals surface area (Å²) in [6.07, 6.45) is 0. The van der Waals surface area contributed by atoms with Gasteiger partial charge in [0.2, 0.25) is 0 Å². The van der Waals surface area contributed by atoms with Crippen LogP contribution < -0.4 is 4.90 Å². The van der Waals surface area contributed by atoms with Crippen LogP contribution in [0.3, 0.4) is 0 Å². The topological polar surface area (TPSA) is 16.4 Å². The monoisotopic (exact) mass is 819 g/mol. The molecule has 2 aromatic heterocycles. The van der Waals surface area contributed by atoms with Gasteiger partial charge in [0.1, 0.15) is 11.2 Å². The van der Waals surface area contributed by atoms with Crippen LogP contribution in [0.4, 0.5) is 17.1 Å². The Morgan fingerprint density at radius 1 is 0.254 bits per heavy atom. The molecule has 13 aromatic rings. The van der Waals surface area contributed by atoms with Gasteiger partial charge in [-0.25, -0.2) is 0 Å².